The fourth-order valence-corrected chi connectivity index (χ4v) is 8.94. The molecule has 2 aromatic rings. The average Bonchev–Trinajstić information content (AvgIpc) is 3.56. The third-order valence-electron chi connectivity index (χ3n) is 9.40. The lowest BCUT2D eigenvalue weighted by atomic mass is 9.91. The van der Waals surface area contributed by atoms with E-state index in [-0.39, 0.29) is 53.7 Å². The number of fused-ring (bicyclic) bond motifs is 2. The molecule has 14 heteroatoms. The number of pyridine rings is 1. The number of benzene rings is 1. The van der Waals surface area contributed by atoms with Gasteiger partial charge in [-0.25, -0.2) is 4.39 Å². The zero-order valence-electron chi connectivity index (χ0n) is 26.0. The van der Waals surface area contributed by atoms with Crippen molar-refractivity contribution in [1.82, 2.24) is 20.1 Å². The minimum absolute atomic E-state index is 0.0133. The van der Waals surface area contributed by atoms with E-state index in [0.29, 0.717) is 31.5 Å². The molecule has 11 nitrogen and oxygen atoms in total. The number of hydrogen-bond acceptors (Lipinski definition) is 7. The number of ether oxygens (including phenoxy) is 1. The molecule has 3 saturated heterocycles. The summed E-state index contributed by atoms with van der Waals surface area (Å²) in [5.41, 5.74) is 1.48. The second kappa shape index (κ2) is 12.9. The molecular formula is C32H40FN4O7PS. The van der Waals surface area contributed by atoms with Crippen molar-refractivity contribution in [2.75, 3.05) is 13.1 Å². The van der Waals surface area contributed by atoms with E-state index in [1.807, 2.05) is 19.9 Å². The Balaban J connectivity index is 1.10. The molecule has 5 heterocycles. The maximum Gasteiger partial charge on any atom is 0.363 e. The van der Waals surface area contributed by atoms with E-state index in [2.05, 4.69) is 17.2 Å². The standard InChI is InChI=1S/C32H40FN4O7PS/c1-17(2)44-26-8-9-34-14-23(26)21-15-36(16-21)32(40)25-6-5-22-10-18(3)11-24(31(39)37(22)25)35-30(38)28-13-20-12-19(4-7-27(20)46-28)29(33)45(41,42)43/h4,7-9,12,14,17-18,21-22,24-25,28-29H,5-6,10-11,13,15-16H2,1-3H3,(H,35,38)(H2,41,42,43)/t18-,22+,24-,25-,28?,29+/m0/s1. The summed E-state index contributed by atoms with van der Waals surface area (Å²) in [6.45, 7) is 7.04. The van der Waals surface area contributed by atoms with Crippen LogP contribution in [-0.2, 0) is 25.4 Å². The van der Waals surface area contributed by atoms with Gasteiger partial charge < -0.3 is 29.6 Å². The first-order chi connectivity index (χ1) is 21.8. The van der Waals surface area contributed by atoms with Crippen molar-refractivity contribution in [3.63, 3.8) is 0 Å². The molecule has 4 aliphatic rings. The number of carbonyl (C=O) groups is 3. The molecule has 248 valence electrons. The zero-order valence-corrected chi connectivity index (χ0v) is 27.8. The summed E-state index contributed by atoms with van der Waals surface area (Å²) in [7, 11) is -4.96. The number of nitrogens with zero attached hydrogens (tertiary/aromatic N) is 3. The van der Waals surface area contributed by atoms with Crippen molar-refractivity contribution in [3.05, 3.63) is 53.3 Å². The topological polar surface area (TPSA) is 149 Å². The highest BCUT2D eigenvalue weighted by molar-refractivity contribution is 8.01. The number of thioether (sulfide) groups is 1. The monoisotopic (exact) mass is 674 g/mol. The molecule has 0 aliphatic carbocycles. The van der Waals surface area contributed by atoms with Gasteiger partial charge in [0.1, 0.15) is 17.8 Å². The van der Waals surface area contributed by atoms with Crippen LogP contribution in [0.3, 0.4) is 0 Å². The third kappa shape index (κ3) is 6.56. The van der Waals surface area contributed by atoms with E-state index in [4.69, 9.17) is 4.74 Å². The van der Waals surface area contributed by atoms with Crippen molar-refractivity contribution < 1.29 is 37.9 Å². The summed E-state index contributed by atoms with van der Waals surface area (Å²) >= 11 is 1.28. The van der Waals surface area contributed by atoms with Crippen LogP contribution >= 0.6 is 19.4 Å². The van der Waals surface area contributed by atoms with E-state index < -0.39 is 30.8 Å². The Bertz CT molecular complexity index is 1570. The van der Waals surface area contributed by atoms with Crippen molar-refractivity contribution in [2.45, 2.75) is 99.1 Å². The molecule has 0 radical (unpaired) electrons. The summed E-state index contributed by atoms with van der Waals surface area (Å²) in [6, 6.07) is 4.73. The van der Waals surface area contributed by atoms with Gasteiger partial charge >= 0.3 is 7.60 Å². The molecule has 1 aromatic carbocycles. The van der Waals surface area contributed by atoms with Gasteiger partial charge in [-0.15, -0.1) is 11.8 Å². The highest BCUT2D eigenvalue weighted by Crippen LogP contribution is 2.53. The van der Waals surface area contributed by atoms with E-state index in [1.165, 1.54) is 23.9 Å². The van der Waals surface area contributed by atoms with E-state index in [1.54, 1.807) is 28.3 Å². The number of amides is 3. The average molecular weight is 675 g/mol. The summed E-state index contributed by atoms with van der Waals surface area (Å²) in [5, 5.41) is 2.38. The molecular weight excluding hydrogens is 634 g/mol. The van der Waals surface area contributed by atoms with Crippen LogP contribution in [0.2, 0.25) is 0 Å². The van der Waals surface area contributed by atoms with Crippen LogP contribution in [0.15, 0.2) is 41.6 Å². The Morgan fingerprint density at radius 2 is 1.93 bits per heavy atom. The number of nitrogens with one attached hydrogen (secondary N) is 1. The fraction of sp³-hybridized carbons (Fsp3) is 0.562. The number of aromatic nitrogens is 1. The van der Waals surface area contributed by atoms with Crippen LogP contribution in [0.4, 0.5) is 4.39 Å². The van der Waals surface area contributed by atoms with Gasteiger partial charge in [0.15, 0.2) is 0 Å². The van der Waals surface area contributed by atoms with E-state index in [0.717, 1.165) is 29.1 Å². The lowest BCUT2D eigenvalue weighted by Crippen LogP contribution is -2.59. The van der Waals surface area contributed by atoms with Gasteiger partial charge in [0.25, 0.3) is 0 Å². The summed E-state index contributed by atoms with van der Waals surface area (Å²) < 4.78 is 31.7. The minimum atomic E-state index is -4.96. The van der Waals surface area contributed by atoms with Crippen LogP contribution < -0.4 is 10.1 Å². The number of likely N-dealkylation sites (tertiary alicyclic amines) is 1. The largest absolute Gasteiger partial charge is 0.491 e. The Labute approximate surface area is 271 Å². The van der Waals surface area contributed by atoms with Crippen LogP contribution in [-0.4, -0.2) is 84.9 Å². The molecule has 3 N–H and O–H groups in total. The zero-order chi connectivity index (χ0) is 32.9. The first kappa shape index (κ1) is 32.9. The van der Waals surface area contributed by atoms with Crippen molar-refractivity contribution in [3.8, 4) is 5.75 Å². The predicted molar refractivity (Wildman–Crippen MR) is 169 cm³/mol. The molecule has 0 spiro atoms. The molecule has 3 amide bonds. The van der Waals surface area contributed by atoms with Crippen LogP contribution in [0.25, 0.3) is 0 Å². The van der Waals surface area contributed by atoms with Gasteiger partial charge in [0.2, 0.25) is 23.6 Å². The lowest BCUT2D eigenvalue weighted by molar-refractivity contribution is -0.149. The molecule has 0 bridgehead atoms. The van der Waals surface area contributed by atoms with Crippen LogP contribution in [0, 0.1) is 5.92 Å². The van der Waals surface area contributed by atoms with Gasteiger partial charge in [0, 0.05) is 47.9 Å². The third-order valence-corrected chi connectivity index (χ3v) is 11.6. The first-order valence-electron chi connectivity index (χ1n) is 15.8. The Hall–Kier alpha value is -2.99. The van der Waals surface area contributed by atoms with E-state index >= 15 is 0 Å². The molecule has 6 atom stereocenters. The molecule has 1 aromatic heterocycles. The number of rotatable bonds is 8. The van der Waals surface area contributed by atoms with Gasteiger partial charge in [-0.05, 0) is 75.1 Å². The lowest BCUT2D eigenvalue weighted by Gasteiger charge is -2.43. The SMILES string of the molecule is CC(C)Oc1ccncc1C1CN(C(=O)[C@@H]2CC[C@@H]3C[C@H](C)C[C@H](NC(=O)C4Cc5cc([C@H](F)P(=O)(O)O)ccc5S4)C(=O)N32)C1. The Morgan fingerprint density at radius 3 is 2.65 bits per heavy atom. The number of halogens is 1. The minimum Gasteiger partial charge on any atom is -0.491 e. The summed E-state index contributed by atoms with van der Waals surface area (Å²) in [5.74, 6) is -2.04. The van der Waals surface area contributed by atoms with E-state index in [9.17, 15) is 33.1 Å². The maximum absolute atomic E-state index is 14.3. The van der Waals surface area contributed by atoms with Crippen molar-refractivity contribution in [2.24, 2.45) is 5.92 Å². The maximum atomic E-state index is 14.3. The number of carbonyl (C=O) groups excluding carboxylic acids is 3. The molecule has 46 heavy (non-hydrogen) atoms. The number of hydrogen-bond donors (Lipinski definition) is 3. The first-order valence-corrected chi connectivity index (χ1v) is 18.4. The highest BCUT2D eigenvalue weighted by Gasteiger charge is 2.49. The fourth-order valence-electron chi connectivity index (χ4n) is 7.20. The smallest absolute Gasteiger partial charge is 0.363 e. The molecule has 6 rings (SSSR count). The van der Waals surface area contributed by atoms with Crippen molar-refractivity contribution >= 4 is 37.1 Å². The molecule has 1 unspecified atom stereocenters. The van der Waals surface area contributed by atoms with Gasteiger partial charge in [-0.3, -0.25) is 23.9 Å². The van der Waals surface area contributed by atoms with Crippen LogP contribution in [0.5, 0.6) is 5.75 Å². The highest BCUT2D eigenvalue weighted by atomic mass is 32.2. The van der Waals surface area contributed by atoms with Crippen molar-refractivity contribution in [1.29, 1.82) is 0 Å². The Kier molecular flexibility index (Phi) is 9.23. The van der Waals surface area contributed by atoms with Gasteiger partial charge in [0.05, 0.1) is 11.4 Å². The number of alkyl halides is 1. The molecule has 0 saturated carbocycles. The normalized spacial score (nSPS) is 27.1. The second-order valence-corrected chi connectivity index (χ2v) is 16.1. The van der Waals surface area contributed by atoms with Gasteiger partial charge in [-0.1, -0.05) is 19.1 Å². The quantitative estimate of drug-likeness (QED) is 0.354. The van der Waals surface area contributed by atoms with Gasteiger partial charge in [-0.2, -0.15) is 0 Å². The van der Waals surface area contributed by atoms with Crippen LogP contribution in [0.1, 0.15) is 75.0 Å². The predicted octanol–water partition coefficient (Wildman–Crippen LogP) is 3.93. The summed E-state index contributed by atoms with van der Waals surface area (Å²) in [6.07, 6.45) is 6.28. The second-order valence-electron chi connectivity index (χ2n) is 13.3. The summed E-state index contributed by atoms with van der Waals surface area (Å²) in [4.78, 5) is 68.3. The molecule has 4 aliphatic heterocycles. The Morgan fingerprint density at radius 1 is 1.17 bits per heavy atom. The molecule has 3 fully saturated rings.